The highest BCUT2D eigenvalue weighted by Gasteiger charge is 2.14. The highest BCUT2D eigenvalue weighted by molar-refractivity contribution is 7.71. The summed E-state index contributed by atoms with van der Waals surface area (Å²) < 4.78 is 6.52. The summed E-state index contributed by atoms with van der Waals surface area (Å²) in [7, 11) is 0. The lowest BCUT2D eigenvalue weighted by molar-refractivity contribution is 0.546. The van der Waals surface area contributed by atoms with E-state index in [1.54, 1.807) is 0 Å². The smallest absolute Gasteiger partial charge is 0.198 e. The van der Waals surface area contributed by atoms with E-state index in [0.717, 1.165) is 28.0 Å². The van der Waals surface area contributed by atoms with Crippen LogP contribution in [0.15, 0.2) is 65.1 Å². The molecule has 1 heterocycles. The highest BCUT2D eigenvalue weighted by atomic mass is 32.1. The van der Waals surface area contributed by atoms with Crippen LogP contribution in [0.25, 0.3) is 22.5 Å². The van der Waals surface area contributed by atoms with Gasteiger partial charge in [0.05, 0.1) is 0 Å². The summed E-state index contributed by atoms with van der Waals surface area (Å²) in [6.45, 7) is 4.19. The quantitative estimate of drug-likeness (QED) is 0.541. The molecule has 104 valence electrons. The molecule has 21 heavy (non-hydrogen) atoms. The Morgan fingerprint density at radius 1 is 0.714 bits per heavy atom. The summed E-state index contributed by atoms with van der Waals surface area (Å²) in [5.41, 5.74) is 5.49. The molecule has 0 amide bonds. The second kappa shape index (κ2) is 5.66. The standard InChI is InChI=1S/C19H16OS/c1-13-14(2)18(16-11-7-4-8-12-16)20-19(21)17(13)15-9-5-3-6-10-15/h3-12H,1-2H3. The van der Waals surface area contributed by atoms with Crippen molar-refractivity contribution < 1.29 is 4.42 Å². The lowest BCUT2D eigenvalue weighted by atomic mass is 9.97. The van der Waals surface area contributed by atoms with Gasteiger partial charge in [0.25, 0.3) is 0 Å². The molecule has 2 heteroatoms. The summed E-state index contributed by atoms with van der Waals surface area (Å²) in [6.07, 6.45) is 0. The van der Waals surface area contributed by atoms with Gasteiger partial charge in [-0.05, 0) is 42.8 Å². The van der Waals surface area contributed by atoms with E-state index >= 15 is 0 Å². The minimum absolute atomic E-state index is 0.545. The summed E-state index contributed by atoms with van der Waals surface area (Å²) in [5, 5.41) is 0. The van der Waals surface area contributed by atoms with Gasteiger partial charge in [-0.25, -0.2) is 0 Å². The molecule has 0 saturated carbocycles. The zero-order chi connectivity index (χ0) is 14.8. The topological polar surface area (TPSA) is 13.1 Å². The largest absolute Gasteiger partial charge is 0.444 e. The maximum absolute atomic E-state index is 5.98. The third kappa shape index (κ3) is 2.55. The average Bonchev–Trinajstić information content (AvgIpc) is 2.53. The monoisotopic (exact) mass is 292 g/mol. The maximum atomic E-state index is 5.98. The van der Waals surface area contributed by atoms with Gasteiger partial charge in [-0.15, -0.1) is 0 Å². The molecule has 2 aromatic carbocycles. The van der Waals surface area contributed by atoms with Gasteiger partial charge in [-0.1, -0.05) is 60.7 Å². The fourth-order valence-corrected chi connectivity index (χ4v) is 2.89. The Morgan fingerprint density at radius 3 is 1.81 bits per heavy atom. The first kappa shape index (κ1) is 13.8. The van der Waals surface area contributed by atoms with E-state index < -0.39 is 0 Å². The van der Waals surface area contributed by atoms with Crippen molar-refractivity contribution in [3.8, 4) is 22.5 Å². The van der Waals surface area contributed by atoms with Crippen LogP contribution in [-0.2, 0) is 0 Å². The van der Waals surface area contributed by atoms with E-state index in [-0.39, 0.29) is 0 Å². The summed E-state index contributed by atoms with van der Waals surface area (Å²) in [5.74, 6) is 0.859. The molecule has 0 N–H and O–H groups in total. The molecule has 0 atom stereocenters. The summed E-state index contributed by atoms with van der Waals surface area (Å²) in [6, 6.07) is 20.3. The molecule has 0 aliphatic rings. The zero-order valence-electron chi connectivity index (χ0n) is 12.1. The zero-order valence-corrected chi connectivity index (χ0v) is 12.9. The first-order valence-corrected chi connectivity index (χ1v) is 7.34. The molecule has 0 saturated heterocycles. The highest BCUT2D eigenvalue weighted by Crippen LogP contribution is 2.33. The molecule has 0 aliphatic carbocycles. The fourth-order valence-electron chi connectivity index (χ4n) is 2.54. The van der Waals surface area contributed by atoms with Gasteiger partial charge in [0.1, 0.15) is 5.76 Å². The van der Waals surface area contributed by atoms with E-state index in [4.69, 9.17) is 16.6 Å². The van der Waals surface area contributed by atoms with Gasteiger partial charge in [-0.2, -0.15) is 0 Å². The second-order valence-electron chi connectivity index (χ2n) is 5.08. The Bertz CT molecular complexity index is 817. The molecular weight excluding hydrogens is 276 g/mol. The van der Waals surface area contributed by atoms with Crippen LogP contribution in [-0.4, -0.2) is 0 Å². The van der Waals surface area contributed by atoms with Gasteiger partial charge in [0.15, 0.2) is 4.71 Å². The van der Waals surface area contributed by atoms with Crippen LogP contribution in [0.1, 0.15) is 11.1 Å². The van der Waals surface area contributed by atoms with E-state index in [2.05, 4.69) is 26.0 Å². The molecule has 1 nitrogen and oxygen atoms in total. The molecular formula is C19H16OS. The van der Waals surface area contributed by atoms with Crippen molar-refractivity contribution in [1.82, 2.24) is 0 Å². The Kier molecular flexibility index (Phi) is 3.72. The molecule has 3 rings (SSSR count). The van der Waals surface area contributed by atoms with Crippen LogP contribution in [0, 0.1) is 18.6 Å². The lowest BCUT2D eigenvalue weighted by Gasteiger charge is -2.13. The minimum Gasteiger partial charge on any atom is -0.444 e. The third-order valence-electron chi connectivity index (χ3n) is 3.78. The molecule has 0 radical (unpaired) electrons. The molecule has 1 aromatic heterocycles. The van der Waals surface area contributed by atoms with Crippen molar-refractivity contribution in [2.24, 2.45) is 0 Å². The van der Waals surface area contributed by atoms with Crippen molar-refractivity contribution in [3.63, 3.8) is 0 Å². The third-order valence-corrected chi connectivity index (χ3v) is 4.06. The maximum Gasteiger partial charge on any atom is 0.198 e. The van der Waals surface area contributed by atoms with Gasteiger partial charge in [0.2, 0.25) is 0 Å². The molecule has 0 unspecified atom stereocenters. The van der Waals surface area contributed by atoms with E-state index in [1.807, 2.05) is 48.5 Å². The Balaban J connectivity index is 2.25. The van der Waals surface area contributed by atoms with Gasteiger partial charge in [-0.3, -0.25) is 0 Å². The van der Waals surface area contributed by atoms with Gasteiger partial charge in [0, 0.05) is 11.1 Å². The SMILES string of the molecule is Cc1c(-c2ccccc2)oc(=S)c(-c2ccccc2)c1C. The molecule has 0 aliphatic heterocycles. The first-order valence-electron chi connectivity index (χ1n) is 6.93. The van der Waals surface area contributed by atoms with Crippen LogP contribution in [0.3, 0.4) is 0 Å². The van der Waals surface area contributed by atoms with Gasteiger partial charge >= 0.3 is 0 Å². The Hall–Kier alpha value is -2.19. The van der Waals surface area contributed by atoms with E-state index in [0.29, 0.717) is 4.71 Å². The molecule has 0 bridgehead atoms. The summed E-state index contributed by atoms with van der Waals surface area (Å²) >= 11 is 5.50. The number of rotatable bonds is 2. The van der Waals surface area contributed by atoms with E-state index in [1.165, 1.54) is 5.56 Å². The van der Waals surface area contributed by atoms with Crippen molar-refractivity contribution in [2.45, 2.75) is 13.8 Å². The lowest BCUT2D eigenvalue weighted by Crippen LogP contribution is -1.93. The van der Waals surface area contributed by atoms with Crippen LogP contribution in [0.4, 0.5) is 0 Å². The Labute approximate surface area is 129 Å². The molecule has 3 aromatic rings. The fraction of sp³-hybridized carbons (Fsp3) is 0.105. The van der Waals surface area contributed by atoms with Crippen LogP contribution in [0.5, 0.6) is 0 Å². The number of hydrogen-bond donors (Lipinski definition) is 0. The molecule has 0 fully saturated rings. The first-order chi connectivity index (χ1) is 10.2. The Morgan fingerprint density at radius 2 is 1.24 bits per heavy atom. The van der Waals surface area contributed by atoms with Crippen molar-refractivity contribution >= 4 is 12.2 Å². The normalized spacial score (nSPS) is 10.6. The van der Waals surface area contributed by atoms with E-state index in [9.17, 15) is 0 Å². The minimum atomic E-state index is 0.545. The molecule has 0 spiro atoms. The van der Waals surface area contributed by atoms with Crippen LogP contribution >= 0.6 is 12.2 Å². The van der Waals surface area contributed by atoms with Crippen LogP contribution < -0.4 is 0 Å². The second-order valence-corrected chi connectivity index (χ2v) is 5.45. The van der Waals surface area contributed by atoms with Crippen molar-refractivity contribution in [2.75, 3.05) is 0 Å². The van der Waals surface area contributed by atoms with Crippen molar-refractivity contribution in [1.29, 1.82) is 0 Å². The summed E-state index contributed by atoms with van der Waals surface area (Å²) in [4.78, 5) is 0. The van der Waals surface area contributed by atoms with Gasteiger partial charge < -0.3 is 4.42 Å². The van der Waals surface area contributed by atoms with Crippen LogP contribution in [0.2, 0.25) is 0 Å². The number of benzene rings is 2. The predicted molar refractivity (Wildman–Crippen MR) is 89.9 cm³/mol. The average molecular weight is 292 g/mol. The number of hydrogen-bond acceptors (Lipinski definition) is 2. The van der Waals surface area contributed by atoms with Crippen molar-refractivity contribution in [3.05, 3.63) is 76.5 Å². The predicted octanol–water partition coefficient (Wildman–Crippen LogP) is 5.96.